The number of nitro groups is 1. The highest BCUT2D eigenvalue weighted by molar-refractivity contribution is 5.95. The van der Waals surface area contributed by atoms with Crippen molar-refractivity contribution in [3.63, 3.8) is 0 Å². The van der Waals surface area contributed by atoms with Gasteiger partial charge in [-0.1, -0.05) is 24.3 Å². The van der Waals surface area contributed by atoms with Crippen LogP contribution in [-0.2, 0) is 14.3 Å². The lowest BCUT2D eigenvalue weighted by Crippen LogP contribution is -2.20. The molecule has 0 fully saturated rings. The molecule has 0 atom stereocenters. The van der Waals surface area contributed by atoms with Crippen LogP contribution in [0.2, 0.25) is 0 Å². The number of rotatable bonds is 6. The number of nitro benzene ring substituents is 1. The fourth-order valence-corrected chi connectivity index (χ4v) is 2.44. The summed E-state index contributed by atoms with van der Waals surface area (Å²) in [6.07, 6.45) is 2.59. The monoisotopic (exact) mass is 395 g/mol. The first-order chi connectivity index (χ1) is 13.9. The molecular formula is C20H14FN3O5. The maximum atomic E-state index is 13.3. The molecule has 146 valence electrons. The number of benzene rings is 2. The average Bonchev–Trinajstić information content (AvgIpc) is 2.71. The molecule has 0 aliphatic rings. The predicted molar refractivity (Wildman–Crippen MR) is 103 cm³/mol. The molecule has 1 amide bonds. The van der Waals surface area contributed by atoms with Crippen LogP contribution in [0.1, 0.15) is 5.69 Å². The second-order valence-corrected chi connectivity index (χ2v) is 5.84. The number of hydrogen-bond donors (Lipinski definition) is 1. The lowest BCUT2D eigenvalue weighted by atomic mass is 10.2. The zero-order valence-electron chi connectivity index (χ0n) is 14.9. The van der Waals surface area contributed by atoms with Crippen molar-refractivity contribution in [2.24, 2.45) is 0 Å². The van der Waals surface area contributed by atoms with Crippen molar-refractivity contribution < 1.29 is 23.6 Å². The molecule has 1 heterocycles. The van der Waals surface area contributed by atoms with E-state index in [9.17, 15) is 24.1 Å². The zero-order chi connectivity index (χ0) is 20.8. The van der Waals surface area contributed by atoms with E-state index in [0.717, 1.165) is 35.2 Å². The molecule has 0 aliphatic carbocycles. The van der Waals surface area contributed by atoms with Gasteiger partial charge in [0.1, 0.15) is 0 Å². The number of carbonyl (C=O) groups excluding carboxylic acids is 2. The van der Waals surface area contributed by atoms with Gasteiger partial charge in [0, 0.05) is 23.2 Å². The van der Waals surface area contributed by atoms with Gasteiger partial charge in [0.15, 0.2) is 6.61 Å². The van der Waals surface area contributed by atoms with Crippen LogP contribution in [0.3, 0.4) is 0 Å². The van der Waals surface area contributed by atoms with Crippen molar-refractivity contribution in [2.45, 2.75) is 0 Å². The predicted octanol–water partition coefficient (Wildman–Crippen LogP) is 3.48. The van der Waals surface area contributed by atoms with E-state index < -0.39 is 34.9 Å². The summed E-state index contributed by atoms with van der Waals surface area (Å²) in [7, 11) is 0. The SMILES string of the molecule is O=C(COC(=O)/C=C/c1ccc2ccccc2n1)Nc1ccc(F)c([N+](=O)[O-])c1. The lowest BCUT2D eigenvalue weighted by Gasteiger charge is -2.05. The Balaban J connectivity index is 1.54. The topological polar surface area (TPSA) is 111 Å². The molecule has 29 heavy (non-hydrogen) atoms. The number of pyridine rings is 1. The van der Waals surface area contributed by atoms with Crippen molar-refractivity contribution in [1.29, 1.82) is 0 Å². The number of nitrogens with zero attached hydrogens (tertiary/aromatic N) is 2. The number of esters is 1. The Hall–Kier alpha value is -4.14. The van der Waals surface area contributed by atoms with Gasteiger partial charge in [-0.2, -0.15) is 4.39 Å². The van der Waals surface area contributed by atoms with E-state index in [-0.39, 0.29) is 5.69 Å². The minimum absolute atomic E-state index is 0.00931. The van der Waals surface area contributed by atoms with E-state index >= 15 is 0 Å². The molecule has 2 aromatic carbocycles. The van der Waals surface area contributed by atoms with Gasteiger partial charge < -0.3 is 10.1 Å². The zero-order valence-corrected chi connectivity index (χ0v) is 14.9. The average molecular weight is 395 g/mol. The summed E-state index contributed by atoms with van der Waals surface area (Å²) in [4.78, 5) is 37.8. The third-order valence-electron chi connectivity index (χ3n) is 3.78. The summed E-state index contributed by atoms with van der Waals surface area (Å²) in [6, 6.07) is 14.0. The van der Waals surface area contributed by atoms with Crippen molar-refractivity contribution in [3.05, 3.63) is 82.3 Å². The summed E-state index contributed by atoms with van der Waals surface area (Å²) in [5, 5.41) is 14.0. The largest absolute Gasteiger partial charge is 0.452 e. The van der Waals surface area contributed by atoms with Gasteiger partial charge in [-0.3, -0.25) is 14.9 Å². The molecule has 9 heteroatoms. The van der Waals surface area contributed by atoms with E-state index in [1.165, 1.54) is 6.08 Å². The highest BCUT2D eigenvalue weighted by Crippen LogP contribution is 2.21. The minimum Gasteiger partial charge on any atom is -0.452 e. The molecule has 0 spiro atoms. The highest BCUT2D eigenvalue weighted by atomic mass is 19.1. The second kappa shape index (κ2) is 8.70. The maximum absolute atomic E-state index is 13.3. The van der Waals surface area contributed by atoms with Crippen LogP contribution in [0.25, 0.3) is 17.0 Å². The Labute approximate surface area is 163 Å². The molecule has 0 saturated heterocycles. The van der Waals surface area contributed by atoms with Gasteiger partial charge in [-0.15, -0.1) is 0 Å². The van der Waals surface area contributed by atoms with Gasteiger partial charge in [0.2, 0.25) is 5.82 Å². The normalized spacial score (nSPS) is 10.8. The Morgan fingerprint density at radius 2 is 1.97 bits per heavy atom. The molecule has 0 saturated carbocycles. The van der Waals surface area contributed by atoms with E-state index in [2.05, 4.69) is 10.3 Å². The molecule has 0 unspecified atom stereocenters. The number of fused-ring (bicyclic) bond motifs is 1. The van der Waals surface area contributed by atoms with Crippen LogP contribution in [-0.4, -0.2) is 28.4 Å². The number of anilines is 1. The van der Waals surface area contributed by atoms with Crippen LogP contribution in [0.4, 0.5) is 15.8 Å². The van der Waals surface area contributed by atoms with Crippen LogP contribution in [0.5, 0.6) is 0 Å². The Morgan fingerprint density at radius 1 is 1.17 bits per heavy atom. The number of ether oxygens (including phenoxy) is 1. The van der Waals surface area contributed by atoms with E-state index in [1.807, 2.05) is 30.3 Å². The third-order valence-corrected chi connectivity index (χ3v) is 3.78. The van der Waals surface area contributed by atoms with E-state index in [4.69, 9.17) is 4.74 Å². The lowest BCUT2D eigenvalue weighted by molar-refractivity contribution is -0.387. The Kier molecular flexibility index (Phi) is 5.88. The smallest absolute Gasteiger partial charge is 0.331 e. The molecular weight excluding hydrogens is 381 g/mol. The summed E-state index contributed by atoms with van der Waals surface area (Å²) in [6.45, 7) is -0.612. The first-order valence-electron chi connectivity index (χ1n) is 8.37. The third kappa shape index (κ3) is 5.19. The number of carbonyl (C=O) groups is 2. The molecule has 0 aliphatic heterocycles. The Morgan fingerprint density at radius 3 is 2.76 bits per heavy atom. The molecule has 0 radical (unpaired) electrons. The van der Waals surface area contributed by atoms with Gasteiger partial charge in [0.25, 0.3) is 5.91 Å². The fraction of sp³-hybridized carbons (Fsp3) is 0.0500. The summed E-state index contributed by atoms with van der Waals surface area (Å²) < 4.78 is 18.1. The standard InChI is InChI=1S/C20H14FN3O5/c21-16-9-7-15(11-18(16)24(27)28)23-19(25)12-29-20(26)10-8-14-6-5-13-3-1-2-4-17(13)22-14/h1-11H,12H2,(H,23,25)/b10-8+. The van der Waals surface area contributed by atoms with Crippen LogP contribution in [0.15, 0.2) is 60.7 Å². The van der Waals surface area contributed by atoms with Crippen LogP contribution in [0, 0.1) is 15.9 Å². The van der Waals surface area contributed by atoms with Crippen molar-refractivity contribution in [1.82, 2.24) is 4.98 Å². The second-order valence-electron chi connectivity index (χ2n) is 5.84. The van der Waals surface area contributed by atoms with Gasteiger partial charge in [0.05, 0.1) is 16.1 Å². The summed E-state index contributed by atoms with van der Waals surface area (Å²) in [5.74, 6) is -2.51. The van der Waals surface area contributed by atoms with Gasteiger partial charge in [-0.25, -0.2) is 9.78 Å². The first kappa shape index (κ1) is 19.6. The van der Waals surface area contributed by atoms with E-state index in [1.54, 1.807) is 6.07 Å². The van der Waals surface area contributed by atoms with Crippen molar-refractivity contribution in [2.75, 3.05) is 11.9 Å². The Bertz CT molecular complexity index is 1130. The van der Waals surface area contributed by atoms with Gasteiger partial charge >= 0.3 is 11.7 Å². The molecule has 3 rings (SSSR count). The van der Waals surface area contributed by atoms with Gasteiger partial charge in [-0.05, 0) is 30.3 Å². The number of amides is 1. The number of halogens is 1. The number of aromatic nitrogens is 1. The number of para-hydroxylation sites is 1. The van der Waals surface area contributed by atoms with Crippen molar-refractivity contribution >= 4 is 40.2 Å². The fourth-order valence-electron chi connectivity index (χ4n) is 2.44. The molecule has 8 nitrogen and oxygen atoms in total. The summed E-state index contributed by atoms with van der Waals surface area (Å²) >= 11 is 0. The first-order valence-corrected chi connectivity index (χ1v) is 8.37. The minimum atomic E-state index is -1.02. The highest BCUT2D eigenvalue weighted by Gasteiger charge is 2.15. The quantitative estimate of drug-likeness (QED) is 0.296. The number of nitrogens with one attached hydrogen (secondary N) is 1. The van der Waals surface area contributed by atoms with Crippen LogP contribution < -0.4 is 5.32 Å². The summed E-state index contributed by atoms with van der Waals surface area (Å²) in [5.41, 5.74) is 0.556. The van der Waals surface area contributed by atoms with Crippen molar-refractivity contribution in [3.8, 4) is 0 Å². The number of hydrogen-bond acceptors (Lipinski definition) is 6. The molecule has 1 N–H and O–H groups in total. The molecule has 3 aromatic rings. The maximum Gasteiger partial charge on any atom is 0.331 e. The molecule has 1 aromatic heterocycles. The van der Waals surface area contributed by atoms with Crippen LogP contribution >= 0.6 is 0 Å². The van der Waals surface area contributed by atoms with E-state index in [0.29, 0.717) is 5.69 Å². The molecule has 0 bridgehead atoms.